The van der Waals surface area contributed by atoms with Crippen LogP contribution in [0, 0.1) is 23.2 Å². The molecule has 1 aliphatic heterocycles. The molecule has 0 spiro atoms. The van der Waals surface area contributed by atoms with Crippen LogP contribution in [0.15, 0.2) is 18.6 Å². The van der Waals surface area contributed by atoms with Gasteiger partial charge in [0.15, 0.2) is 0 Å². The molecule has 1 saturated heterocycles. The first kappa shape index (κ1) is 36.4. The van der Waals surface area contributed by atoms with E-state index in [2.05, 4.69) is 31.2 Å². The molecule has 49 heavy (non-hydrogen) atoms. The van der Waals surface area contributed by atoms with E-state index in [1.807, 2.05) is 27.7 Å². The molecule has 0 aromatic carbocycles. The second-order valence-electron chi connectivity index (χ2n) is 15.5. The van der Waals surface area contributed by atoms with Crippen LogP contribution in [-0.2, 0) is 24.0 Å². The Balaban J connectivity index is 1.36. The lowest BCUT2D eigenvalue weighted by atomic mass is 9.82. The van der Waals surface area contributed by atoms with E-state index in [9.17, 15) is 28.8 Å². The number of carbonyl (C=O) groups is 6. The van der Waals surface area contributed by atoms with E-state index in [1.54, 1.807) is 4.90 Å². The molecule has 5 amide bonds. The smallest absolute Gasteiger partial charge is 0.289 e. The van der Waals surface area contributed by atoms with Gasteiger partial charge < -0.3 is 26.2 Å². The number of hydrogen-bond acceptors (Lipinski definition) is 8. The van der Waals surface area contributed by atoms with Gasteiger partial charge in [0.1, 0.15) is 23.8 Å². The molecule has 0 bridgehead atoms. The van der Waals surface area contributed by atoms with E-state index in [-0.39, 0.29) is 35.4 Å². The Morgan fingerprint density at radius 1 is 0.898 bits per heavy atom. The van der Waals surface area contributed by atoms with Crippen molar-refractivity contribution in [3.05, 3.63) is 24.3 Å². The summed E-state index contributed by atoms with van der Waals surface area (Å²) in [7, 11) is 0. The summed E-state index contributed by atoms with van der Waals surface area (Å²) in [6, 6.07) is -3.68. The normalized spacial score (nSPS) is 24.2. The number of amides is 5. The van der Waals surface area contributed by atoms with Gasteiger partial charge in [0.05, 0.1) is 12.2 Å². The first-order valence-corrected chi connectivity index (χ1v) is 18.2. The molecule has 4 fully saturated rings. The van der Waals surface area contributed by atoms with Crippen molar-refractivity contribution >= 4 is 35.3 Å². The molecular formula is C36H53N7O6. The van der Waals surface area contributed by atoms with Gasteiger partial charge in [0.2, 0.25) is 23.5 Å². The number of hydrogen-bond donors (Lipinski definition) is 4. The molecule has 1 unspecified atom stereocenters. The SMILES string of the molecule is CCC[C@@H](NC(=O)[C@@H]1[C@H]2CCC[C@@H]2CN1C(=O)C(NC(=O)[C@@H](NC(=O)c1cnccn1)C1CCCCC1)C(C)(C)C)C(=O)C(=O)NC1CC1. The maximum absolute atomic E-state index is 14.6. The Morgan fingerprint density at radius 3 is 2.27 bits per heavy atom. The number of nitrogens with zero attached hydrogens (tertiary/aromatic N) is 3. The Morgan fingerprint density at radius 2 is 1.63 bits per heavy atom. The monoisotopic (exact) mass is 679 g/mol. The molecule has 0 radical (unpaired) electrons. The number of Topliss-reactive ketones (excluding diaryl/α,β-unsaturated/α-hetero) is 1. The minimum Gasteiger partial charge on any atom is -0.347 e. The highest BCUT2D eigenvalue weighted by Crippen LogP contribution is 2.43. The predicted molar refractivity (Wildman–Crippen MR) is 181 cm³/mol. The van der Waals surface area contributed by atoms with E-state index in [4.69, 9.17) is 0 Å². The molecule has 4 N–H and O–H groups in total. The minimum atomic E-state index is -0.994. The molecule has 2 heterocycles. The van der Waals surface area contributed by atoms with Gasteiger partial charge in [-0.3, -0.25) is 33.8 Å². The van der Waals surface area contributed by atoms with Crippen LogP contribution < -0.4 is 21.3 Å². The number of likely N-dealkylation sites (tertiary alicyclic amines) is 1. The Labute approximate surface area is 288 Å². The van der Waals surface area contributed by atoms with Crippen molar-refractivity contribution in [2.24, 2.45) is 23.2 Å². The summed E-state index contributed by atoms with van der Waals surface area (Å²) in [6.45, 7) is 7.85. The predicted octanol–water partition coefficient (Wildman–Crippen LogP) is 2.45. The first-order chi connectivity index (χ1) is 23.4. The zero-order chi connectivity index (χ0) is 35.3. The lowest BCUT2D eigenvalue weighted by molar-refractivity contribution is -0.146. The molecule has 1 aromatic rings. The topological polar surface area (TPSA) is 180 Å². The molecule has 4 aliphatic rings. The minimum absolute atomic E-state index is 0.0132. The quantitative estimate of drug-likeness (QED) is 0.230. The van der Waals surface area contributed by atoms with Gasteiger partial charge in [-0.1, -0.05) is 59.8 Å². The maximum atomic E-state index is 14.6. The van der Waals surface area contributed by atoms with Crippen LogP contribution in [0.2, 0.25) is 0 Å². The van der Waals surface area contributed by atoms with Gasteiger partial charge in [-0.05, 0) is 68.1 Å². The van der Waals surface area contributed by atoms with Gasteiger partial charge in [-0.25, -0.2) is 4.98 Å². The summed E-state index contributed by atoms with van der Waals surface area (Å²) in [5, 5.41) is 11.5. The van der Waals surface area contributed by atoms with Crippen molar-refractivity contribution in [3.8, 4) is 0 Å². The molecule has 3 aliphatic carbocycles. The van der Waals surface area contributed by atoms with Gasteiger partial charge in [-0.2, -0.15) is 0 Å². The van der Waals surface area contributed by atoms with Crippen molar-refractivity contribution in [1.29, 1.82) is 0 Å². The Kier molecular flexibility index (Phi) is 11.7. The number of ketones is 1. The van der Waals surface area contributed by atoms with Crippen LogP contribution in [0.1, 0.15) is 115 Å². The molecule has 1 aromatic heterocycles. The second-order valence-corrected chi connectivity index (χ2v) is 15.5. The van der Waals surface area contributed by atoms with Gasteiger partial charge >= 0.3 is 0 Å². The molecule has 13 heteroatoms. The molecule has 13 nitrogen and oxygen atoms in total. The van der Waals surface area contributed by atoms with Crippen molar-refractivity contribution in [3.63, 3.8) is 0 Å². The average Bonchev–Trinajstić information content (AvgIpc) is 3.65. The van der Waals surface area contributed by atoms with Crippen LogP contribution in [-0.4, -0.2) is 86.9 Å². The lowest BCUT2D eigenvalue weighted by Gasteiger charge is -2.38. The fraction of sp³-hybridized carbons (Fsp3) is 0.722. The standard InChI is InChI=1S/C36H53N7O6/c1-5-10-25(29(44)34(48)39-23-15-16-23)40-33(47)28-24-14-9-13-22(24)20-43(28)35(49)30(36(2,3)4)42-32(46)27(21-11-7-6-8-12-21)41-31(45)26-19-37-17-18-38-26/h17-19,21-25,27-28,30H,5-16,20H2,1-4H3,(H,39,48)(H,40,47)(H,41,45)(H,42,46)/t22-,24+,25-,27+,28+,30?/m1/s1. The fourth-order valence-corrected chi connectivity index (χ4v) is 7.87. The molecular weight excluding hydrogens is 626 g/mol. The number of aromatic nitrogens is 2. The molecule has 3 saturated carbocycles. The van der Waals surface area contributed by atoms with Gasteiger partial charge in [0.25, 0.3) is 11.8 Å². The number of nitrogens with one attached hydrogen (secondary N) is 4. The van der Waals surface area contributed by atoms with Crippen LogP contribution in [0.25, 0.3) is 0 Å². The number of carbonyl (C=O) groups excluding carboxylic acids is 6. The summed E-state index contributed by atoms with van der Waals surface area (Å²) in [5.41, 5.74) is -0.638. The molecule has 268 valence electrons. The van der Waals surface area contributed by atoms with Crippen LogP contribution >= 0.6 is 0 Å². The van der Waals surface area contributed by atoms with E-state index in [0.29, 0.717) is 19.4 Å². The van der Waals surface area contributed by atoms with E-state index < -0.39 is 59.0 Å². The lowest BCUT2D eigenvalue weighted by Crippen LogP contribution is -2.62. The van der Waals surface area contributed by atoms with Crippen molar-refractivity contribution in [2.45, 2.75) is 135 Å². The summed E-state index contributed by atoms with van der Waals surface area (Å²) in [5.74, 6) is -3.20. The van der Waals surface area contributed by atoms with Gasteiger partial charge in [-0.15, -0.1) is 0 Å². The zero-order valence-corrected chi connectivity index (χ0v) is 29.3. The zero-order valence-electron chi connectivity index (χ0n) is 29.3. The second kappa shape index (κ2) is 15.8. The third-order valence-electron chi connectivity index (χ3n) is 10.7. The average molecular weight is 680 g/mol. The Hall–Kier alpha value is -3.90. The summed E-state index contributed by atoms with van der Waals surface area (Å²) < 4.78 is 0. The highest BCUT2D eigenvalue weighted by molar-refractivity contribution is 6.38. The fourth-order valence-electron chi connectivity index (χ4n) is 7.87. The first-order valence-electron chi connectivity index (χ1n) is 18.2. The van der Waals surface area contributed by atoms with E-state index in [1.165, 1.54) is 18.6 Å². The number of fused-ring (bicyclic) bond motifs is 1. The summed E-state index contributed by atoms with van der Waals surface area (Å²) in [6.07, 6.45) is 13.9. The number of rotatable bonds is 13. The molecule has 6 atom stereocenters. The van der Waals surface area contributed by atoms with Crippen molar-refractivity contribution in [2.75, 3.05) is 6.54 Å². The van der Waals surface area contributed by atoms with Crippen molar-refractivity contribution in [1.82, 2.24) is 36.1 Å². The summed E-state index contributed by atoms with van der Waals surface area (Å²) >= 11 is 0. The molecule has 5 rings (SSSR count). The summed E-state index contributed by atoms with van der Waals surface area (Å²) in [4.78, 5) is 91.4. The third-order valence-corrected chi connectivity index (χ3v) is 10.7. The van der Waals surface area contributed by atoms with E-state index in [0.717, 1.165) is 64.2 Å². The van der Waals surface area contributed by atoms with E-state index >= 15 is 0 Å². The highest BCUT2D eigenvalue weighted by Gasteiger charge is 2.52. The third kappa shape index (κ3) is 8.83. The van der Waals surface area contributed by atoms with Crippen LogP contribution in [0.3, 0.4) is 0 Å². The van der Waals surface area contributed by atoms with Crippen molar-refractivity contribution < 1.29 is 28.8 Å². The largest absolute Gasteiger partial charge is 0.347 e. The maximum Gasteiger partial charge on any atom is 0.289 e. The van der Waals surface area contributed by atoms with Gasteiger partial charge in [0, 0.05) is 25.0 Å². The van der Waals surface area contributed by atoms with Crippen LogP contribution in [0.4, 0.5) is 0 Å². The van der Waals surface area contributed by atoms with Crippen LogP contribution in [0.5, 0.6) is 0 Å². The highest BCUT2D eigenvalue weighted by atomic mass is 16.2. The Bertz CT molecular complexity index is 1390.